The maximum atomic E-state index is 13.1. The molecule has 10 nitrogen and oxygen atoms in total. The van der Waals surface area contributed by atoms with Crippen LogP contribution in [0.25, 0.3) is 0 Å². The highest BCUT2D eigenvalue weighted by molar-refractivity contribution is 7.89. The molecule has 3 rings (SSSR count). The molecule has 0 saturated carbocycles. The van der Waals surface area contributed by atoms with Crippen molar-refractivity contribution >= 4 is 33.0 Å². The van der Waals surface area contributed by atoms with Gasteiger partial charge in [-0.05, 0) is 51.0 Å². The van der Waals surface area contributed by atoms with Crippen molar-refractivity contribution in [2.75, 3.05) is 30.8 Å². The van der Waals surface area contributed by atoms with E-state index in [1.54, 1.807) is 7.05 Å². The Hall–Kier alpha value is -3.18. The molecule has 0 aliphatic carbocycles. The Balaban J connectivity index is 2.00. The molecule has 11 heteroatoms. The van der Waals surface area contributed by atoms with Gasteiger partial charge in [0.05, 0.1) is 27.2 Å². The zero-order valence-corrected chi connectivity index (χ0v) is 19.6. The molecule has 1 aliphatic rings. The predicted octanol–water partition coefficient (Wildman–Crippen LogP) is 3.85. The number of anilines is 2. The molecule has 33 heavy (non-hydrogen) atoms. The number of rotatable bonds is 8. The summed E-state index contributed by atoms with van der Waals surface area (Å²) in [5.74, 6) is -0.337. The van der Waals surface area contributed by atoms with Gasteiger partial charge in [0.2, 0.25) is 10.0 Å². The Morgan fingerprint density at radius 3 is 2.39 bits per heavy atom. The number of nitro groups is 1. The highest BCUT2D eigenvalue weighted by Crippen LogP contribution is 2.32. The van der Waals surface area contributed by atoms with E-state index in [-0.39, 0.29) is 27.9 Å². The highest BCUT2D eigenvalue weighted by atomic mass is 32.2. The molecule has 0 spiro atoms. The van der Waals surface area contributed by atoms with E-state index in [9.17, 15) is 23.3 Å². The average molecular weight is 477 g/mol. The smallest absolute Gasteiger partial charge is 0.270 e. The Bertz CT molecular complexity index is 1140. The quantitative estimate of drug-likeness (QED) is 0.437. The van der Waals surface area contributed by atoms with Crippen LogP contribution in [0.1, 0.15) is 43.5 Å². The summed E-state index contributed by atoms with van der Waals surface area (Å²) in [5.41, 5.74) is 0.368. The summed E-state index contributed by atoms with van der Waals surface area (Å²) in [6.45, 7) is 4.52. The molecule has 2 aromatic carbocycles. The van der Waals surface area contributed by atoms with Crippen LogP contribution in [0.5, 0.6) is 5.75 Å². The van der Waals surface area contributed by atoms with Crippen molar-refractivity contribution in [3.8, 4) is 5.75 Å². The summed E-state index contributed by atoms with van der Waals surface area (Å²) in [7, 11) is -2.14. The number of benzene rings is 2. The van der Waals surface area contributed by atoms with Crippen LogP contribution in [0.4, 0.5) is 17.1 Å². The minimum absolute atomic E-state index is 0.0451. The van der Waals surface area contributed by atoms with Gasteiger partial charge in [0, 0.05) is 38.0 Å². The van der Waals surface area contributed by atoms with Crippen LogP contribution in [0, 0.1) is 10.1 Å². The third-order valence-corrected chi connectivity index (χ3v) is 7.14. The number of nitrogens with zero attached hydrogens (tertiary/aromatic N) is 2. The molecule has 178 valence electrons. The summed E-state index contributed by atoms with van der Waals surface area (Å²) in [4.78, 5) is 23.7. The first-order chi connectivity index (χ1) is 15.6. The van der Waals surface area contributed by atoms with E-state index < -0.39 is 20.9 Å². The SMILES string of the molecule is CNc1ccc([N+](=O)[O-])cc1C(=O)Nc1cc(S(=O)(=O)N2CCCCC2)ccc1OC(C)C. The van der Waals surface area contributed by atoms with Crippen molar-refractivity contribution in [3.63, 3.8) is 0 Å². The number of hydrogen-bond donors (Lipinski definition) is 2. The molecule has 0 aromatic heterocycles. The number of hydrogen-bond acceptors (Lipinski definition) is 7. The lowest BCUT2D eigenvalue weighted by Gasteiger charge is -2.26. The summed E-state index contributed by atoms with van der Waals surface area (Å²) in [6, 6.07) is 8.24. The van der Waals surface area contributed by atoms with Crippen molar-refractivity contribution in [2.45, 2.75) is 44.1 Å². The molecular weight excluding hydrogens is 448 g/mol. The average Bonchev–Trinajstić information content (AvgIpc) is 2.79. The Morgan fingerprint density at radius 2 is 1.79 bits per heavy atom. The topological polar surface area (TPSA) is 131 Å². The molecule has 1 aliphatic heterocycles. The zero-order chi connectivity index (χ0) is 24.2. The lowest BCUT2D eigenvalue weighted by Crippen LogP contribution is -2.35. The van der Waals surface area contributed by atoms with Gasteiger partial charge in [0.1, 0.15) is 5.75 Å². The van der Waals surface area contributed by atoms with Crippen molar-refractivity contribution in [1.82, 2.24) is 4.31 Å². The fourth-order valence-corrected chi connectivity index (χ4v) is 5.16. The first kappa shape index (κ1) is 24.5. The van der Waals surface area contributed by atoms with Gasteiger partial charge < -0.3 is 15.4 Å². The van der Waals surface area contributed by atoms with Gasteiger partial charge >= 0.3 is 0 Å². The molecule has 0 radical (unpaired) electrons. The van der Waals surface area contributed by atoms with E-state index in [2.05, 4.69) is 10.6 Å². The first-order valence-corrected chi connectivity index (χ1v) is 12.2. The van der Waals surface area contributed by atoms with Gasteiger partial charge in [-0.2, -0.15) is 4.31 Å². The van der Waals surface area contributed by atoms with Crippen molar-refractivity contribution in [3.05, 3.63) is 52.1 Å². The fourth-order valence-electron chi connectivity index (χ4n) is 3.62. The molecule has 0 atom stereocenters. The van der Waals surface area contributed by atoms with E-state index in [0.717, 1.165) is 19.3 Å². The van der Waals surface area contributed by atoms with Crippen LogP contribution >= 0.6 is 0 Å². The molecule has 1 amide bonds. The van der Waals surface area contributed by atoms with Crippen LogP contribution in [-0.4, -0.2) is 49.8 Å². The standard InChI is InChI=1S/C22H28N4O6S/c1-15(2)32-21-10-8-17(33(30,31)25-11-5-4-6-12-25)14-20(21)24-22(27)18-13-16(26(28)29)7-9-19(18)23-3/h7-10,13-15,23H,4-6,11-12H2,1-3H3,(H,24,27). The van der Waals surface area contributed by atoms with Gasteiger partial charge in [-0.15, -0.1) is 0 Å². The normalized spacial score (nSPS) is 14.7. The summed E-state index contributed by atoms with van der Waals surface area (Å²) in [6.07, 6.45) is 2.37. The number of amides is 1. The molecule has 1 fully saturated rings. The summed E-state index contributed by atoms with van der Waals surface area (Å²) >= 11 is 0. The second kappa shape index (κ2) is 10.2. The predicted molar refractivity (Wildman–Crippen MR) is 125 cm³/mol. The number of carbonyl (C=O) groups is 1. The highest BCUT2D eigenvalue weighted by Gasteiger charge is 2.27. The number of nitro benzene ring substituents is 1. The van der Waals surface area contributed by atoms with E-state index in [0.29, 0.717) is 24.5 Å². The number of non-ortho nitro benzene ring substituents is 1. The van der Waals surface area contributed by atoms with Crippen LogP contribution in [0.3, 0.4) is 0 Å². The van der Waals surface area contributed by atoms with Crippen molar-refractivity contribution in [2.24, 2.45) is 0 Å². The molecule has 2 aromatic rings. The van der Waals surface area contributed by atoms with Crippen molar-refractivity contribution in [1.29, 1.82) is 0 Å². The lowest BCUT2D eigenvalue weighted by atomic mass is 10.1. The Labute approximate surface area is 193 Å². The van der Waals surface area contributed by atoms with Gasteiger partial charge in [0.15, 0.2) is 0 Å². The van der Waals surface area contributed by atoms with E-state index in [4.69, 9.17) is 4.74 Å². The Morgan fingerprint density at radius 1 is 1.09 bits per heavy atom. The maximum absolute atomic E-state index is 13.1. The number of sulfonamides is 1. The van der Waals surface area contributed by atoms with Crippen LogP contribution in [0.2, 0.25) is 0 Å². The molecule has 0 bridgehead atoms. The van der Waals surface area contributed by atoms with E-state index in [1.807, 2.05) is 13.8 Å². The Kier molecular flexibility index (Phi) is 7.54. The summed E-state index contributed by atoms with van der Waals surface area (Å²) in [5, 5.41) is 16.7. The second-order valence-electron chi connectivity index (χ2n) is 7.98. The van der Waals surface area contributed by atoms with E-state index in [1.165, 1.54) is 40.7 Å². The number of carbonyl (C=O) groups excluding carboxylic acids is 1. The largest absolute Gasteiger partial charge is 0.489 e. The molecular formula is C22H28N4O6S. The van der Waals surface area contributed by atoms with Crippen LogP contribution < -0.4 is 15.4 Å². The number of piperidine rings is 1. The van der Waals surface area contributed by atoms with Gasteiger partial charge in [0.25, 0.3) is 11.6 Å². The van der Waals surface area contributed by atoms with Crippen LogP contribution in [0.15, 0.2) is 41.3 Å². The zero-order valence-electron chi connectivity index (χ0n) is 18.8. The second-order valence-corrected chi connectivity index (χ2v) is 9.92. The summed E-state index contributed by atoms with van der Waals surface area (Å²) < 4.78 is 33.5. The fraction of sp³-hybridized carbons (Fsp3) is 0.409. The minimum Gasteiger partial charge on any atom is -0.489 e. The molecule has 1 saturated heterocycles. The minimum atomic E-state index is -3.74. The van der Waals surface area contributed by atoms with E-state index >= 15 is 0 Å². The molecule has 2 N–H and O–H groups in total. The van der Waals surface area contributed by atoms with Crippen molar-refractivity contribution < 1.29 is 22.9 Å². The third-order valence-electron chi connectivity index (χ3n) is 5.24. The molecule has 1 heterocycles. The number of ether oxygens (including phenoxy) is 1. The maximum Gasteiger partial charge on any atom is 0.270 e. The third kappa shape index (κ3) is 5.60. The monoisotopic (exact) mass is 476 g/mol. The number of nitrogens with one attached hydrogen (secondary N) is 2. The van der Waals surface area contributed by atoms with Gasteiger partial charge in [-0.25, -0.2) is 8.42 Å². The first-order valence-electron chi connectivity index (χ1n) is 10.7. The van der Waals surface area contributed by atoms with Gasteiger partial charge in [-0.3, -0.25) is 14.9 Å². The molecule has 0 unspecified atom stereocenters. The van der Waals surface area contributed by atoms with Gasteiger partial charge in [-0.1, -0.05) is 6.42 Å². The van der Waals surface area contributed by atoms with Crippen LogP contribution in [-0.2, 0) is 10.0 Å². The lowest BCUT2D eigenvalue weighted by molar-refractivity contribution is -0.384.